The van der Waals surface area contributed by atoms with Crippen LogP contribution in [0.5, 0.6) is 0 Å². The Balaban J connectivity index is 1.91. The Hall–Kier alpha value is -1.83. The predicted octanol–water partition coefficient (Wildman–Crippen LogP) is 3.90. The number of rotatable bonds is 5. The van der Waals surface area contributed by atoms with Crippen molar-refractivity contribution in [1.82, 2.24) is 4.98 Å². The summed E-state index contributed by atoms with van der Waals surface area (Å²) in [6, 6.07) is 14.6. The molecule has 1 N–H and O–H groups in total. The molecule has 2 nitrogen and oxygen atoms in total. The predicted molar refractivity (Wildman–Crippen MR) is 76.7 cm³/mol. The van der Waals surface area contributed by atoms with Crippen LogP contribution in [0.15, 0.2) is 54.9 Å². The second-order valence-electron chi connectivity index (χ2n) is 5.23. The van der Waals surface area contributed by atoms with Crippen molar-refractivity contribution in [3.63, 3.8) is 0 Å². The Labute approximate surface area is 109 Å². The highest BCUT2D eigenvalue weighted by molar-refractivity contribution is 5.43. The fourth-order valence-corrected chi connectivity index (χ4v) is 1.99. The Morgan fingerprint density at radius 2 is 1.67 bits per heavy atom. The number of hydrogen-bond donors (Lipinski definition) is 1. The van der Waals surface area contributed by atoms with Crippen molar-refractivity contribution in [3.05, 3.63) is 60.4 Å². The Morgan fingerprint density at radius 3 is 2.33 bits per heavy atom. The first-order valence-corrected chi connectivity index (χ1v) is 6.38. The van der Waals surface area contributed by atoms with Gasteiger partial charge < -0.3 is 5.32 Å². The van der Waals surface area contributed by atoms with Gasteiger partial charge in [-0.25, -0.2) is 0 Å². The minimum Gasteiger partial charge on any atom is -0.380 e. The standard InChI is InChI=1S/C16H20N2/c1-16(2,18-15-9-12-17-13-10-15)11-8-14-6-4-3-5-7-14/h3-7,9-10,12-13H,8,11H2,1-2H3,(H,17,18). The summed E-state index contributed by atoms with van der Waals surface area (Å²) in [5.41, 5.74) is 2.60. The summed E-state index contributed by atoms with van der Waals surface area (Å²) in [5.74, 6) is 0. The molecule has 2 heteroatoms. The molecule has 1 heterocycles. The molecule has 0 saturated heterocycles. The fraction of sp³-hybridized carbons (Fsp3) is 0.312. The molecule has 18 heavy (non-hydrogen) atoms. The van der Waals surface area contributed by atoms with E-state index in [4.69, 9.17) is 0 Å². The zero-order chi connectivity index (χ0) is 12.8. The van der Waals surface area contributed by atoms with Crippen LogP contribution in [0.3, 0.4) is 0 Å². The molecule has 2 rings (SSSR count). The average Bonchev–Trinajstić information content (AvgIpc) is 2.38. The topological polar surface area (TPSA) is 24.9 Å². The van der Waals surface area contributed by atoms with Gasteiger partial charge in [0.25, 0.3) is 0 Å². The normalized spacial score (nSPS) is 11.2. The average molecular weight is 240 g/mol. The van der Waals surface area contributed by atoms with Crippen LogP contribution >= 0.6 is 0 Å². The highest BCUT2D eigenvalue weighted by Gasteiger charge is 2.16. The van der Waals surface area contributed by atoms with Gasteiger partial charge in [-0.05, 0) is 44.4 Å². The lowest BCUT2D eigenvalue weighted by molar-refractivity contribution is 0.518. The van der Waals surface area contributed by atoms with Gasteiger partial charge in [0.15, 0.2) is 0 Å². The van der Waals surface area contributed by atoms with Crippen molar-refractivity contribution < 1.29 is 0 Å². The van der Waals surface area contributed by atoms with Crippen molar-refractivity contribution >= 4 is 5.69 Å². The number of nitrogens with zero attached hydrogens (tertiary/aromatic N) is 1. The highest BCUT2D eigenvalue weighted by Crippen LogP contribution is 2.19. The van der Waals surface area contributed by atoms with Gasteiger partial charge >= 0.3 is 0 Å². The molecule has 0 spiro atoms. The van der Waals surface area contributed by atoms with Gasteiger partial charge in [0, 0.05) is 23.6 Å². The molecule has 2 aromatic rings. The molecule has 0 bridgehead atoms. The van der Waals surface area contributed by atoms with Crippen molar-refractivity contribution in [2.75, 3.05) is 5.32 Å². The third-order valence-corrected chi connectivity index (χ3v) is 3.04. The second kappa shape index (κ2) is 5.67. The number of anilines is 1. The summed E-state index contributed by atoms with van der Waals surface area (Å²) in [7, 11) is 0. The largest absolute Gasteiger partial charge is 0.380 e. The molecule has 0 radical (unpaired) electrons. The SMILES string of the molecule is CC(C)(CCc1ccccc1)Nc1ccncc1. The van der Waals surface area contributed by atoms with Gasteiger partial charge in [0.2, 0.25) is 0 Å². The molecule has 0 saturated carbocycles. The first-order chi connectivity index (χ1) is 8.66. The van der Waals surface area contributed by atoms with E-state index in [1.807, 2.05) is 24.5 Å². The van der Waals surface area contributed by atoms with Gasteiger partial charge in [0.05, 0.1) is 0 Å². The van der Waals surface area contributed by atoms with Crippen LogP contribution in [0, 0.1) is 0 Å². The zero-order valence-electron chi connectivity index (χ0n) is 11.1. The first kappa shape index (κ1) is 12.6. The molecular formula is C16H20N2. The molecule has 0 fully saturated rings. The van der Waals surface area contributed by atoms with E-state index in [2.05, 4.69) is 54.5 Å². The van der Waals surface area contributed by atoms with Crippen molar-refractivity contribution in [2.24, 2.45) is 0 Å². The lowest BCUT2D eigenvalue weighted by Crippen LogP contribution is -2.31. The maximum atomic E-state index is 4.03. The van der Waals surface area contributed by atoms with Crippen LogP contribution in [-0.4, -0.2) is 10.5 Å². The maximum Gasteiger partial charge on any atom is 0.0375 e. The molecular weight excluding hydrogens is 220 g/mol. The number of aromatic nitrogens is 1. The maximum absolute atomic E-state index is 4.03. The number of benzene rings is 1. The Morgan fingerprint density at radius 1 is 1.00 bits per heavy atom. The summed E-state index contributed by atoms with van der Waals surface area (Å²) in [4.78, 5) is 4.03. The molecule has 0 aliphatic heterocycles. The first-order valence-electron chi connectivity index (χ1n) is 6.38. The van der Waals surface area contributed by atoms with Gasteiger partial charge in [0.1, 0.15) is 0 Å². The number of hydrogen-bond acceptors (Lipinski definition) is 2. The second-order valence-corrected chi connectivity index (χ2v) is 5.23. The van der Waals surface area contributed by atoms with Crippen LogP contribution in [-0.2, 0) is 6.42 Å². The van der Waals surface area contributed by atoms with E-state index >= 15 is 0 Å². The minimum absolute atomic E-state index is 0.0806. The smallest absolute Gasteiger partial charge is 0.0375 e. The number of nitrogens with one attached hydrogen (secondary N) is 1. The summed E-state index contributed by atoms with van der Waals surface area (Å²) in [5, 5.41) is 3.55. The molecule has 94 valence electrons. The zero-order valence-corrected chi connectivity index (χ0v) is 11.1. The van der Waals surface area contributed by atoms with Gasteiger partial charge in [-0.2, -0.15) is 0 Å². The lowest BCUT2D eigenvalue weighted by atomic mass is 9.95. The number of aryl methyl sites for hydroxylation is 1. The van der Waals surface area contributed by atoms with Crippen molar-refractivity contribution in [3.8, 4) is 0 Å². The van der Waals surface area contributed by atoms with E-state index < -0.39 is 0 Å². The van der Waals surface area contributed by atoms with Gasteiger partial charge in [-0.15, -0.1) is 0 Å². The van der Waals surface area contributed by atoms with Crippen LogP contribution < -0.4 is 5.32 Å². The molecule has 0 aliphatic rings. The summed E-state index contributed by atoms with van der Waals surface area (Å²) in [6.45, 7) is 4.47. The summed E-state index contributed by atoms with van der Waals surface area (Å²) in [6.07, 6.45) is 5.82. The van der Waals surface area contributed by atoms with Crippen LogP contribution in [0.4, 0.5) is 5.69 Å². The Kier molecular flexibility index (Phi) is 3.98. The Bertz CT molecular complexity index is 463. The third-order valence-electron chi connectivity index (χ3n) is 3.04. The highest BCUT2D eigenvalue weighted by atomic mass is 15.0. The van der Waals surface area contributed by atoms with Gasteiger partial charge in [-0.1, -0.05) is 30.3 Å². The number of pyridine rings is 1. The van der Waals surface area contributed by atoms with E-state index in [0.29, 0.717) is 0 Å². The molecule has 0 aliphatic carbocycles. The van der Waals surface area contributed by atoms with Crippen molar-refractivity contribution in [2.45, 2.75) is 32.2 Å². The third kappa shape index (κ3) is 3.88. The van der Waals surface area contributed by atoms with Crippen LogP contribution in [0.1, 0.15) is 25.8 Å². The quantitative estimate of drug-likeness (QED) is 0.857. The minimum atomic E-state index is 0.0806. The molecule has 0 amide bonds. The van der Waals surface area contributed by atoms with Gasteiger partial charge in [-0.3, -0.25) is 4.98 Å². The fourth-order valence-electron chi connectivity index (χ4n) is 1.99. The van der Waals surface area contributed by atoms with Crippen LogP contribution in [0.25, 0.3) is 0 Å². The summed E-state index contributed by atoms with van der Waals surface area (Å²) < 4.78 is 0. The monoisotopic (exact) mass is 240 g/mol. The van der Waals surface area contributed by atoms with Crippen LogP contribution in [0.2, 0.25) is 0 Å². The molecule has 0 atom stereocenters. The molecule has 1 aromatic carbocycles. The molecule has 0 unspecified atom stereocenters. The summed E-state index contributed by atoms with van der Waals surface area (Å²) >= 11 is 0. The van der Waals surface area contributed by atoms with Crippen molar-refractivity contribution in [1.29, 1.82) is 0 Å². The van der Waals surface area contributed by atoms with E-state index in [0.717, 1.165) is 18.5 Å². The van der Waals surface area contributed by atoms with E-state index in [1.54, 1.807) is 0 Å². The lowest BCUT2D eigenvalue weighted by Gasteiger charge is -2.27. The van der Waals surface area contributed by atoms with E-state index in [9.17, 15) is 0 Å². The van der Waals surface area contributed by atoms with E-state index in [1.165, 1.54) is 5.56 Å². The van der Waals surface area contributed by atoms with E-state index in [-0.39, 0.29) is 5.54 Å². The molecule has 1 aromatic heterocycles.